The largest absolute Gasteiger partial charge is 0.466 e. The van der Waals surface area contributed by atoms with Gasteiger partial charge >= 0.3 is 0 Å². The molecule has 5 nitrogen and oxygen atoms in total. The SMILES string of the molecule is O=S(=O)(NCc1ccc(C(O)c2ccco2)s1)c1ccc(F)cc1. The van der Waals surface area contributed by atoms with E-state index in [0.29, 0.717) is 10.6 Å². The van der Waals surface area contributed by atoms with Crippen LogP contribution in [0.4, 0.5) is 4.39 Å². The van der Waals surface area contributed by atoms with E-state index >= 15 is 0 Å². The summed E-state index contributed by atoms with van der Waals surface area (Å²) in [4.78, 5) is 1.39. The second-order valence-electron chi connectivity index (χ2n) is 5.00. The van der Waals surface area contributed by atoms with E-state index in [0.717, 1.165) is 17.0 Å². The van der Waals surface area contributed by atoms with Crippen LogP contribution in [0.25, 0.3) is 0 Å². The summed E-state index contributed by atoms with van der Waals surface area (Å²) in [5, 5.41) is 10.2. The molecule has 0 bridgehead atoms. The summed E-state index contributed by atoms with van der Waals surface area (Å²) >= 11 is 1.28. The monoisotopic (exact) mass is 367 g/mol. The number of furan rings is 1. The Hall–Kier alpha value is -2.00. The Morgan fingerprint density at radius 2 is 1.92 bits per heavy atom. The zero-order valence-corrected chi connectivity index (χ0v) is 14.0. The average molecular weight is 367 g/mol. The minimum atomic E-state index is -3.72. The lowest BCUT2D eigenvalue weighted by Crippen LogP contribution is -2.22. The van der Waals surface area contributed by atoms with Gasteiger partial charge in [0.1, 0.15) is 17.7 Å². The number of aliphatic hydroxyl groups is 1. The number of thiophene rings is 1. The van der Waals surface area contributed by atoms with Gasteiger partial charge in [0.25, 0.3) is 0 Å². The van der Waals surface area contributed by atoms with Crippen molar-refractivity contribution in [2.75, 3.05) is 0 Å². The molecule has 1 aromatic carbocycles. The smallest absolute Gasteiger partial charge is 0.240 e. The molecular formula is C16H14FNO4S2. The van der Waals surface area contributed by atoms with Crippen LogP contribution in [0.3, 0.4) is 0 Å². The van der Waals surface area contributed by atoms with Crippen molar-refractivity contribution in [2.45, 2.75) is 17.5 Å². The quantitative estimate of drug-likeness (QED) is 0.702. The lowest BCUT2D eigenvalue weighted by molar-refractivity contribution is 0.193. The first-order valence-electron chi connectivity index (χ1n) is 7.01. The van der Waals surface area contributed by atoms with Gasteiger partial charge in [-0.25, -0.2) is 17.5 Å². The first-order valence-corrected chi connectivity index (χ1v) is 9.31. The zero-order valence-electron chi connectivity index (χ0n) is 12.3. The fourth-order valence-corrected chi connectivity index (χ4v) is 4.13. The topological polar surface area (TPSA) is 79.5 Å². The van der Waals surface area contributed by atoms with Crippen molar-refractivity contribution in [2.24, 2.45) is 0 Å². The Kier molecular flexibility index (Phi) is 4.81. The molecule has 1 atom stereocenters. The maximum absolute atomic E-state index is 12.9. The molecule has 2 heterocycles. The zero-order chi connectivity index (χ0) is 17.2. The van der Waals surface area contributed by atoms with Gasteiger partial charge in [0, 0.05) is 16.3 Å². The summed E-state index contributed by atoms with van der Waals surface area (Å²) in [5.74, 6) is -0.0703. The van der Waals surface area contributed by atoms with Crippen molar-refractivity contribution in [3.63, 3.8) is 0 Å². The molecule has 8 heteroatoms. The van der Waals surface area contributed by atoms with Crippen molar-refractivity contribution in [1.82, 2.24) is 4.72 Å². The fourth-order valence-electron chi connectivity index (χ4n) is 2.09. The molecule has 0 aliphatic carbocycles. The van der Waals surface area contributed by atoms with E-state index in [-0.39, 0.29) is 11.4 Å². The third kappa shape index (κ3) is 3.73. The molecule has 0 saturated carbocycles. The van der Waals surface area contributed by atoms with Crippen LogP contribution in [0.15, 0.2) is 64.1 Å². The molecule has 0 saturated heterocycles. The van der Waals surface area contributed by atoms with Crippen molar-refractivity contribution in [1.29, 1.82) is 0 Å². The predicted octanol–water partition coefficient (Wildman–Crippen LogP) is 3.04. The van der Waals surface area contributed by atoms with Crippen molar-refractivity contribution in [3.8, 4) is 0 Å². The number of sulfonamides is 1. The summed E-state index contributed by atoms with van der Waals surface area (Å²) in [6.07, 6.45) is 0.594. The van der Waals surface area contributed by atoms with Gasteiger partial charge in [-0.2, -0.15) is 0 Å². The van der Waals surface area contributed by atoms with Gasteiger partial charge in [0.2, 0.25) is 10.0 Å². The molecule has 2 aromatic heterocycles. The van der Waals surface area contributed by atoms with Gasteiger partial charge < -0.3 is 9.52 Å². The second kappa shape index (κ2) is 6.86. The van der Waals surface area contributed by atoms with Crippen molar-refractivity contribution >= 4 is 21.4 Å². The average Bonchev–Trinajstić information content (AvgIpc) is 3.25. The Bertz CT molecular complexity index is 902. The van der Waals surface area contributed by atoms with E-state index in [9.17, 15) is 17.9 Å². The second-order valence-corrected chi connectivity index (χ2v) is 7.97. The Labute approximate surface area is 142 Å². The van der Waals surface area contributed by atoms with E-state index in [1.54, 1.807) is 24.3 Å². The van der Waals surface area contributed by atoms with Gasteiger partial charge in [0.15, 0.2) is 0 Å². The van der Waals surface area contributed by atoms with Crippen LogP contribution in [0.1, 0.15) is 21.6 Å². The molecule has 0 aliphatic rings. The molecule has 1 unspecified atom stereocenters. The molecule has 0 radical (unpaired) electrons. The van der Waals surface area contributed by atoms with Gasteiger partial charge in [-0.1, -0.05) is 0 Å². The van der Waals surface area contributed by atoms with Gasteiger partial charge in [-0.05, 0) is 48.5 Å². The molecule has 3 rings (SSSR count). The molecule has 0 amide bonds. The Balaban J connectivity index is 1.68. The molecule has 3 aromatic rings. The summed E-state index contributed by atoms with van der Waals surface area (Å²) in [6, 6.07) is 11.4. The highest BCUT2D eigenvalue weighted by molar-refractivity contribution is 7.89. The Morgan fingerprint density at radius 1 is 1.17 bits per heavy atom. The van der Waals surface area contributed by atoms with Crippen LogP contribution in [0.2, 0.25) is 0 Å². The first kappa shape index (κ1) is 16.8. The maximum atomic E-state index is 12.9. The van der Waals surface area contributed by atoms with Gasteiger partial charge in [-0.15, -0.1) is 11.3 Å². The molecule has 0 spiro atoms. The van der Waals surface area contributed by atoms with Crippen LogP contribution in [0.5, 0.6) is 0 Å². The number of rotatable bonds is 6. The van der Waals surface area contributed by atoms with Gasteiger partial charge in [0.05, 0.1) is 11.2 Å². The van der Waals surface area contributed by atoms with E-state index in [4.69, 9.17) is 4.42 Å². The summed E-state index contributed by atoms with van der Waals surface area (Å²) in [5.41, 5.74) is 0. The van der Waals surface area contributed by atoms with Crippen LogP contribution in [0, 0.1) is 5.82 Å². The van der Waals surface area contributed by atoms with E-state index in [1.165, 1.54) is 29.7 Å². The number of hydrogen-bond acceptors (Lipinski definition) is 5. The van der Waals surface area contributed by atoms with Crippen molar-refractivity contribution < 1.29 is 22.3 Å². The number of benzene rings is 1. The molecule has 0 fully saturated rings. The maximum Gasteiger partial charge on any atom is 0.240 e. The van der Waals surface area contributed by atoms with E-state index < -0.39 is 21.9 Å². The Morgan fingerprint density at radius 3 is 2.58 bits per heavy atom. The molecule has 24 heavy (non-hydrogen) atoms. The molecule has 2 N–H and O–H groups in total. The van der Waals surface area contributed by atoms with Crippen LogP contribution in [-0.4, -0.2) is 13.5 Å². The highest BCUT2D eigenvalue weighted by atomic mass is 32.2. The lowest BCUT2D eigenvalue weighted by Gasteiger charge is -2.06. The lowest BCUT2D eigenvalue weighted by atomic mass is 10.2. The normalized spacial score (nSPS) is 13.1. The summed E-state index contributed by atoms with van der Waals surface area (Å²) < 4.78 is 44.8. The standard InChI is InChI=1S/C16H14FNO4S2/c17-11-3-6-13(7-4-11)24(20,21)18-10-12-5-8-15(23-12)16(19)14-2-1-9-22-14/h1-9,16,18-19H,10H2. The first-order chi connectivity index (χ1) is 11.5. The highest BCUT2D eigenvalue weighted by Gasteiger charge is 2.17. The molecule has 126 valence electrons. The number of aliphatic hydroxyl groups excluding tert-OH is 1. The minimum Gasteiger partial charge on any atom is -0.466 e. The van der Waals surface area contributed by atoms with E-state index in [1.807, 2.05) is 0 Å². The molecule has 0 aliphatic heterocycles. The minimum absolute atomic E-state index is 0.00343. The predicted molar refractivity (Wildman–Crippen MR) is 87.5 cm³/mol. The molecular weight excluding hydrogens is 353 g/mol. The number of hydrogen-bond donors (Lipinski definition) is 2. The third-order valence-corrected chi connectivity index (χ3v) is 5.88. The number of halogens is 1. The van der Waals surface area contributed by atoms with Crippen LogP contribution < -0.4 is 4.72 Å². The fraction of sp³-hybridized carbons (Fsp3) is 0.125. The van der Waals surface area contributed by atoms with Gasteiger partial charge in [-0.3, -0.25) is 0 Å². The van der Waals surface area contributed by atoms with E-state index in [2.05, 4.69) is 4.72 Å². The number of nitrogens with one attached hydrogen (secondary N) is 1. The van der Waals surface area contributed by atoms with Crippen LogP contribution >= 0.6 is 11.3 Å². The summed E-state index contributed by atoms with van der Waals surface area (Å²) in [7, 11) is -3.72. The third-order valence-electron chi connectivity index (χ3n) is 3.32. The van der Waals surface area contributed by atoms with Crippen LogP contribution in [-0.2, 0) is 16.6 Å². The summed E-state index contributed by atoms with van der Waals surface area (Å²) in [6.45, 7) is 0.0786. The van der Waals surface area contributed by atoms with Crippen molar-refractivity contribution in [3.05, 3.63) is 76.1 Å². The highest BCUT2D eigenvalue weighted by Crippen LogP contribution is 2.28.